The Bertz CT molecular complexity index is 2040. The van der Waals surface area contributed by atoms with Gasteiger partial charge in [0.05, 0.1) is 17.5 Å². The van der Waals surface area contributed by atoms with Crippen LogP contribution in [0.4, 0.5) is 14.5 Å². The highest BCUT2D eigenvalue weighted by Gasteiger charge is 2.25. The summed E-state index contributed by atoms with van der Waals surface area (Å²) in [4.78, 5) is 31.8. The molecular weight excluding hydrogens is 636 g/mol. The summed E-state index contributed by atoms with van der Waals surface area (Å²) < 4.78 is 31.6. The molecule has 0 saturated carbocycles. The lowest BCUT2D eigenvalue weighted by Gasteiger charge is -2.18. The highest BCUT2D eigenvalue weighted by Crippen LogP contribution is 2.39. The van der Waals surface area contributed by atoms with Crippen LogP contribution < -0.4 is 10.7 Å². The number of ketones is 1. The number of benzene rings is 4. The number of carbonyl (C=O) groups excluding carboxylic acids is 1. The van der Waals surface area contributed by atoms with Crippen molar-refractivity contribution >= 4 is 45.4 Å². The molecule has 240 valence electrons. The van der Waals surface area contributed by atoms with Gasteiger partial charge in [-0.3, -0.25) is 14.5 Å². The standard InChI is InChI=1S/C38H33F2N3O2S.ClH/c1-3-41-28-19-17-27(18-20-28)37-30(22-42(2)21-25-11-6-4-7-12-25)34-36(45)31(35(44)26-13-8-5-9-14-26)24-43(38(34)46-37)23-29-32(39)15-10-16-33(29)40;/h4-20,24,41H,3,21-23H2,1-2H3;1H. The molecule has 0 radical (unpaired) electrons. The van der Waals surface area contributed by atoms with Crippen LogP contribution in [0.5, 0.6) is 0 Å². The summed E-state index contributed by atoms with van der Waals surface area (Å²) in [5.41, 5.74) is 3.54. The third-order valence-corrected chi connectivity index (χ3v) is 9.25. The molecule has 9 heteroatoms. The first-order valence-electron chi connectivity index (χ1n) is 15.1. The molecule has 4 aromatic carbocycles. The van der Waals surface area contributed by atoms with Crippen LogP contribution in [0.3, 0.4) is 0 Å². The Morgan fingerprint density at radius 1 is 0.830 bits per heavy atom. The molecule has 6 aromatic rings. The molecule has 0 aliphatic carbocycles. The van der Waals surface area contributed by atoms with Crippen LogP contribution in [0, 0.1) is 11.6 Å². The van der Waals surface area contributed by atoms with Crippen LogP contribution >= 0.6 is 23.7 Å². The fourth-order valence-corrected chi connectivity index (χ4v) is 7.01. The Morgan fingerprint density at radius 3 is 2.11 bits per heavy atom. The van der Waals surface area contributed by atoms with Crippen LogP contribution in [0.15, 0.2) is 114 Å². The monoisotopic (exact) mass is 669 g/mol. The Balaban J connectivity index is 0.00000433. The fraction of sp³-hybridized carbons (Fsp3) is 0.158. The molecule has 2 heterocycles. The van der Waals surface area contributed by atoms with Crippen LogP contribution in [0.25, 0.3) is 20.7 Å². The van der Waals surface area contributed by atoms with E-state index in [0.29, 0.717) is 28.9 Å². The summed E-state index contributed by atoms with van der Waals surface area (Å²) >= 11 is 1.39. The van der Waals surface area contributed by atoms with Gasteiger partial charge < -0.3 is 9.88 Å². The lowest BCUT2D eigenvalue weighted by molar-refractivity contribution is 0.103. The van der Waals surface area contributed by atoms with Gasteiger partial charge in [-0.2, -0.15) is 0 Å². The minimum atomic E-state index is -0.693. The van der Waals surface area contributed by atoms with Crippen molar-refractivity contribution in [2.45, 2.75) is 26.6 Å². The number of nitrogens with zero attached hydrogens (tertiary/aromatic N) is 2. The molecule has 5 nitrogen and oxygen atoms in total. The van der Waals surface area contributed by atoms with E-state index in [1.165, 1.54) is 35.7 Å². The molecule has 47 heavy (non-hydrogen) atoms. The van der Waals surface area contributed by atoms with Crippen molar-refractivity contribution in [2.24, 2.45) is 0 Å². The molecule has 0 atom stereocenters. The Hall–Kier alpha value is -4.63. The summed E-state index contributed by atoms with van der Waals surface area (Å²) in [6, 6.07) is 30.4. The molecule has 0 amide bonds. The number of aromatic nitrogens is 1. The Morgan fingerprint density at radius 2 is 1.47 bits per heavy atom. The molecule has 1 N–H and O–H groups in total. The number of halogens is 3. The van der Waals surface area contributed by atoms with E-state index in [1.54, 1.807) is 34.9 Å². The third kappa shape index (κ3) is 7.20. The first kappa shape index (κ1) is 33.7. The van der Waals surface area contributed by atoms with Crippen molar-refractivity contribution in [3.05, 3.63) is 159 Å². The van der Waals surface area contributed by atoms with Crippen LogP contribution in [-0.4, -0.2) is 28.8 Å². The second kappa shape index (κ2) is 14.9. The average molecular weight is 670 g/mol. The second-order valence-electron chi connectivity index (χ2n) is 11.3. The number of hydrogen-bond donors (Lipinski definition) is 1. The zero-order valence-corrected chi connectivity index (χ0v) is 27.6. The number of pyridine rings is 1. The maximum atomic E-state index is 15.0. The highest BCUT2D eigenvalue weighted by molar-refractivity contribution is 7.22. The van der Waals surface area contributed by atoms with E-state index in [1.807, 2.05) is 56.4 Å². The van der Waals surface area contributed by atoms with Gasteiger partial charge in [-0.15, -0.1) is 23.7 Å². The average Bonchev–Trinajstić information content (AvgIpc) is 3.44. The number of anilines is 1. The quantitative estimate of drug-likeness (QED) is 0.140. The number of rotatable bonds is 11. The van der Waals surface area contributed by atoms with Crippen molar-refractivity contribution < 1.29 is 13.6 Å². The first-order chi connectivity index (χ1) is 22.3. The van der Waals surface area contributed by atoms with Gasteiger partial charge in [0.25, 0.3) is 0 Å². The van der Waals surface area contributed by atoms with E-state index >= 15 is 0 Å². The topological polar surface area (TPSA) is 54.3 Å². The molecule has 0 aliphatic rings. The minimum Gasteiger partial charge on any atom is -0.385 e. The summed E-state index contributed by atoms with van der Waals surface area (Å²) in [5, 5.41) is 3.69. The molecule has 0 bridgehead atoms. The summed E-state index contributed by atoms with van der Waals surface area (Å²) in [5.74, 6) is -1.83. The van der Waals surface area contributed by atoms with Gasteiger partial charge >= 0.3 is 0 Å². The fourth-order valence-electron chi connectivity index (χ4n) is 5.72. The molecule has 0 spiro atoms. The van der Waals surface area contributed by atoms with Gasteiger partial charge in [0.2, 0.25) is 5.43 Å². The molecule has 0 fully saturated rings. The zero-order valence-electron chi connectivity index (χ0n) is 26.0. The van der Waals surface area contributed by atoms with Gasteiger partial charge in [0.15, 0.2) is 5.78 Å². The van der Waals surface area contributed by atoms with Crippen LogP contribution in [0.1, 0.15) is 39.5 Å². The molecule has 0 unspecified atom stereocenters. The number of fused-ring (bicyclic) bond motifs is 1. The van der Waals surface area contributed by atoms with Crippen molar-refractivity contribution in [1.82, 2.24) is 9.47 Å². The van der Waals surface area contributed by atoms with Crippen molar-refractivity contribution in [3.8, 4) is 10.4 Å². The van der Waals surface area contributed by atoms with E-state index in [-0.39, 0.29) is 30.1 Å². The molecule has 0 saturated heterocycles. The highest BCUT2D eigenvalue weighted by atomic mass is 35.5. The third-order valence-electron chi connectivity index (χ3n) is 7.93. The van der Waals surface area contributed by atoms with E-state index < -0.39 is 22.8 Å². The van der Waals surface area contributed by atoms with Crippen LogP contribution in [0.2, 0.25) is 0 Å². The maximum Gasteiger partial charge on any atom is 0.201 e. The molecule has 0 aliphatic heterocycles. The molecular formula is C38H34ClF2N3O2S. The smallest absolute Gasteiger partial charge is 0.201 e. The van der Waals surface area contributed by atoms with Gasteiger partial charge in [-0.1, -0.05) is 78.9 Å². The zero-order chi connectivity index (χ0) is 32.2. The summed E-state index contributed by atoms with van der Waals surface area (Å²) in [7, 11) is 1.99. The van der Waals surface area contributed by atoms with E-state index in [0.717, 1.165) is 33.8 Å². The first-order valence-corrected chi connectivity index (χ1v) is 15.9. The van der Waals surface area contributed by atoms with Crippen molar-refractivity contribution in [3.63, 3.8) is 0 Å². The normalized spacial score (nSPS) is 11.1. The van der Waals surface area contributed by atoms with E-state index in [2.05, 4.69) is 22.3 Å². The summed E-state index contributed by atoms with van der Waals surface area (Å²) in [6.07, 6.45) is 1.46. The predicted molar refractivity (Wildman–Crippen MR) is 190 cm³/mol. The SMILES string of the molecule is CCNc1ccc(-c2sc3c(c2CN(C)Cc2ccccc2)c(=O)c(C(=O)c2ccccc2)cn3Cc2c(F)cccc2F)cc1.Cl. The summed E-state index contributed by atoms with van der Waals surface area (Å²) in [6.45, 7) is 3.66. The van der Waals surface area contributed by atoms with Gasteiger partial charge in [0, 0.05) is 47.5 Å². The maximum absolute atomic E-state index is 15.0. The van der Waals surface area contributed by atoms with E-state index in [4.69, 9.17) is 0 Å². The van der Waals surface area contributed by atoms with Gasteiger partial charge in [0.1, 0.15) is 16.5 Å². The number of nitrogens with one attached hydrogen (secondary N) is 1. The second-order valence-corrected chi connectivity index (χ2v) is 12.2. The number of carbonyl (C=O) groups is 1. The van der Waals surface area contributed by atoms with Gasteiger partial charge in [-0.05, 0) is 54.9 Å². The largest absolute Gasteiger partial charge is 0.385 e. The van der Waals surface area contributed by atoms with E-state index in [9.17, 15) is 18.4 Å². The number of hydrogen-bond acceptors (Lipinski definition) is 5. The minimum absolute atomic E-state index is 0. The Labute approximate surface area is 282 Å². The van der Waals surface area contributed by atoms with Gasteiger partial charge in [-0.25, -0.2) is 8.78 Å². The van der Waals surface area contributed by atoms with Crippen LogP contribution in [-0.2, 0) is 19.6 Å². The van der Waals surface area contributed by atoms with Crippen molar-refractivity contribution in [1.29, 1.82) is 0 Å². The lowest BCUT2D eigenvalue weighted by Crippen LogP contribution is -2.22. The predicted octanol–water partition coefficient (Wildman–Crippen LogP) is 8.77. The Kier molecular flexibility index (Phi) is 10.7. The number of thiophene rings is 1. The van der Waals surface area contributed by atoms with Crippen molar-refractivity contribution in [2.75, 3.05) is 18.9 Å². The lowest BCUT2D eigenvalue weighted by atomic mass is 10.00. The molecule has 6 rings (SSSR count). The molecule has 2 aromatic heterocycles.